The molecule has 0 atom stereocenters. The summed E-state index contributed by atoms with van der Waals surface area (Å²) in [6, 6.07) is 10.2. The number of benzene rings is 1. The number of ether oxygens (including phenoxy) is 1. The van der Waals surface area contributed by atoms with E-state index in [4.69, 9.17) is 4.74 Å². The van der Waals surface area contributed by atoms with Crippen LogP contribution in [0.25, 0.3) is 11.0 Å². The summed E-state index contributed by atoms with van der Waals surface area (Å²) in [4.78, 5) is 41.0. The van der Waals surface area contributed by atoms with Crippen LogP contribution in [0.15, 0.2) is 59.9 Å². The van der Waals surface area contributed by atoms with Gasteiger partial charge in [-0.25, -0.2) is 23.1 Å². The summed E-state index contributed by atoms with van der Waals surface area (Å²) in [5.41, 5.74) is 1.28. The lowest BCUT2D eigenvalue weighted by atomic mass is 9.60. The van der Waals surface area contributed by atoms with E-state index in [1.54, 1.807) is 30.5 Å². The highest BCUT2D eigenvalue weighted by Crippen LogP contribution is 2.51. The zero-order valence-electron chi connectivity index (χ0n) is 31.4. The van der Waals surface area contributed by atoms with Crippen molar-refractivity contribution < 1.29 is 27.1 Å². The SMILES string of the molecule is CC1CCC(CNc2ncc(S(=O)(=O)NC(=O)c3ccc(N4CCC5(CC4)CC(N4CCS(=O)CC4)C5)cc3Oc3cnc4[nH]ccc4c3)cc2[N+](=O)[O-])CC1. The quantitative estimate of drug-likeness (QED) is 0.122. The van der Waals surface area contributed by atoms with Crippen molar-refractivity contribution >= 4 is 55.0 Å². The fourth-order valence-corrected chi connectivity index (χ4v) is 10.8. The smallest absolute Gasteiger partial charge is 0.312 e. The fraction of sp³-hybridized carbons (Fsp3) is 0.513. The third-order valence-electron chi connectivity index (χ3n) is 12.3. The van der Waals surface area contributed by atoms with Gasteiger partial charge < -0.3 is 19.9 Å². The van der Waals surface area contributed by atoms with Gasteiger partial charge in [0.25, 0.3) is 15.9 Å². The van der Waals surface area contributed by atoms with E-state index in [2.05, 4.69) is 41.7 Å². The molecule has 298 valence electrons. The van der Waals surface area contributed by atoms with Crippen LogP contribution in [0, 0.1) is 27.4 Å². The Labute approximate surface area is 328 Å². The molecule has 2 saturated heterocycles. The number of anilines is 2. The number of carbonyl (C=O) groups excluding carboxylic acids is 1. The number of fused-ring (bicyclic) bond motifs is 1. The summed E-state index contributed by atoms with van der Waals surface area (Å²) < 4.78 is 47.4. The summed E-state index contributed by atoms with van der Waals surface area (Å²) in [5.74, 6) is 2.06. The minimum atomic E-state index is -4.58. The molecule has 17 heteroatoms. The number of amides is 1. The number of carbonyl (C=O) groups is 1. The molecular formula is C39H48N8O7S2. The first-order valence-electron chi connectivity index (χ1n) is 19.5. The van der Waals surface area contributed by atoms with E-state index in [9.17, 15) is 27.5 Å². The van der Waals surface area contributed by atoms with E-state index in [-0.39, 0.29) is 17.1 Å². The number of aromatic nitrogens is 3. The summed E-state index contributed by atoms with van der Waals surface area (Å²) in [7, 11) is -5.27. The third kappa shape index (κ3) is 8.25. The minimum absolute atomic E-state index is 0.0142. The van der Waals surface area contributed by atoms with E-state index < -0.39 is 42.2 Å². The highest BCUT2D eigenvalue weighted by molar-refractivity contribution is 7.90. The van der Waals surface area contributed by atoms with Gasteiger partial charge in [0.15, 0.2) is 0 Å². The number of piperidine rings is 1. The zero-order valence-corrected chi connectivity index (χ0v) is 33.1. The van der Waals surface area contributed by atoms with E-state index in [0.717, 1.165) is 112 Å². The van der Waals surface area contributed by atoms with Crippen LogP contribution in [0.3, 0.4) is 0 Å². The van der Waals surface area contributed by atoms with Crippen molar-refractivity contribution in [2.45, 2.75) is 69.2 Å². The molecule has 4 fully saturated rings. The molecule has 1 spiro atoms. The van der Waals surface area contributed by atoms with E-state index in [1.807, 2.05) is 6.07 Å². The van der Waals surface area contributed by atoms with Gasteiger partial charge in [0.1, 0.15) is 22.0 Å². The first-order chi connectivity index (χ1) is 26.9. The van der Waals surface area contributed by atoms with Crippen LogP contribution in [0.4, 0.5) is 17.2 Å². The van der Waals surface area contributed by atoms with Crippen molar-refractivity contribution in [1.29, 1.82) is 0 Å². The largest absolute Gasteiger partial charge is 0.455 e. The standard InChI is InChI=1S/C39H48N8O7S2/c1-26-2-4-27(5-3-26)23-41-37-34(47(49)50)20-32(25-43-37)56(52,53)44-38(48)33-7-6-29(19-35(33)54-31-18-28-8-11-40-36(28)42-24-31)45-12-9-39(10-13-45)21-30(22-39)46-14-16-55(51)17-15-46/h6-8,11,18-20,24-27,30H,2-5,9-10,12-17,21-23H2,1H3,(H,40,42)(H,41,43)(H,44,48). The molecule has 2 aliphatic heterocycles. The molecule has 2 aliphatic carbocycles. The first-order valence-corrected chi connectivity index (χ1v) is 22.5. The summed E-state index contributed by atoms with van der Waals surface area (Å²) in [6.07, 6.45) is 12.9. The Morgan fingerprint density at radius 1 is 1.04 bits per heavy atom. The minimum Gasteiger partial charge on any atom is -0.455 e. The average molecular weight is 805 g/mol. The highest BCUT2D eigenvalue weighted by Gasteiger charge is 2.48. The molecular weight excluding hydrogens is 757 g/mol. The Morgan fingerprint density at radius 2 is 1.79 bits per heavy atom. The van der Waals surface area contributed by atoms with Gasteiger partial charge in [-0.05, 0) is 80.0 Å². The number of H-pyrrole nitrogens is 1. The van der Waals surface area contributed by atoms with Crippen LogP contribution >= 0.6 is 0 Å². The summed E-state index contributed by atoms with van der Waals surface area (Å²) >= 11 is 0. The second-order valence-corrected chi connectivity index (χ2v) is 19.4. The number of pyridine rings is 2. The van der Waals surface area contributed by atoms with E-state index >= 15 is 0 Å². The molecule has 4 aromatic rings. The van der Waals surface area contributed by atoms with E-state index in [1.165, 1.54) is 6.20 Å². The normalized spacial score (nSPS) is 22.1. The number of hydrogen-bond acceptors (Lipinski definition) is 12. The Kier molecular flexibility index (Phi) is 10.8. The second kappa shape index (κ2) is 15.7. The summed E-state index contributed by atoms with van der Waals surface area (Å²) in [5, 5.41) is 15.9. The van der Waals surface area contributed by atoms with Crippen molar-refractivity contribution in [3.05, 3.63) is 70.7 Å². The van der Waals surface area contributed by atoms with Crippen LogP contribution in [-0.4, -0.2) is 93.6 Å². The molecule has 15 nitrogen and oxygen atoms in total. The molecule has 56 heavy (non-hydrogen) atoms. The maximum Gasteiger partial charge on any atom is 0.312 e. The van der Waals surface area contributed by atoms with Gasteiger partial charge in [0.05, 0.1) is 22.9 Å². The van der Waals surface area contributed by atoms with Gasteiger partial charge in [-0.3, -0.25) is 24.0 Å². The topological polar surface area (TPSA) is 193 Å². The zero-order chi connectivity index (χ0) is 39.0. The lowest BCUT2D eigenvalue weighted by Crippen LogP contribution is -2.57. The Balaban J connectivity index is 0.984. The maximum atomic E-state index is 13.8. The number of nitro groups is 1. The molecule has 2 saturated carbocycles. The molecule has 4 aliphatic rings. The molecule has 3 N–H and O–H groups in total. The van der Waals surface area contributed by atoms with E-state index in [0.29, 0.717) is 41.2 Å². The molecule has 0 unspecified atom stereocenters. The van der Waals surface area contributed by atoms with Crippen LogP contribution < -0.4 is 19.7 Å². The van der Waals surface area contributed by atoms with Crippen molar-refractivity contribution in [2.24, 2.45) is 17.3 Å². The van der Waals surface area contributed by atoms with Crippen LogP contribution in [0.2, 0.25) is 0 Å². The van der Waals surface area contributed by atoms with Crippen LogP contribution in [0.1, 0.15) is 68.6 Å². The van der Waals surface area contributed by atoms with Gasteiger partial charge >= 0.3 is 5.69 Å². The van der Waals surface area contributed by atoms with Gasteiger partial charge in [-0.2, -0.15) is 0 Å². The van der Waals surface area contributed by atoms with Crippen molar-refractivity contribution in [2.75, 3.05) is 54.4 Å². The fourth-order valence-electron chi connectivity index (χ4n) is 8.81. The maximum absolute atomic E-state index is 13.8. The number of rotatable bonds is 11. The molecule has 1 amide bonds. The van der Waals surface area contributed by atoms with Crippen molar-refractivity contribution in [1.82, 2.24) is 24.6 Å². The van der Waals surface area contributed by atoms with Crippen molar-refractivity contribution in [3.63, 3.8) is 0 Å². The molecule has 3 aromatic heterocycles. The third-order valence-corrected chi connectivity index (χ3v) is 14.9. The lowest BCUT2D eigenvalue weighted by Gasteiger charge is -2.56. The second-order valence-electron chi connectivity index (χ2n) is 16.0. The predicted octanol–water partition coefficient (Wildman–Crippen LogP) is 5.83. The molecule has 0 bridgehead atoms. The highest BCUT2D eigenvalue weighted by atomic mass is 32.2. The number of sulfonamides is 1. The molecule has 0 radical (unpaired) electrons. The first kappa shape index (κ1) is 38.3. The summed E-state index contributed by atoms with van der Waals surface area (Å²) in [6.45, 7) is 6.19. The number of nitrogens with one attached hydrogen (secondary N) is 3. The monoisotopic (exact) mass is 804 g/mol. The average Bonchev–Trinajstić information content (AvgIpc) is 3.65. The Morgan fingerprint density at radius 3 is 2.52 bits per heavy atom. The van der Waals surface area contributed by atoms with Gasteiger partial charge in [0.2, 0.25) is 5.82 Å². The lowest BCUT2D eigenvalue weighted by molar-refractivity contribution is -0.384. The number of nitrogens with zero attached hydrogens (tertiary/aromatic N) is 5. The Hall–Kier alpha value is -4.61. The molecule has 8 rings (SSSR count). The van der Waals surface area contributed by atoms with Crippen LogP contribution in [-0.2, 0) is 20.8 Å². The van der Waals surface area contributed by atoms with Crippen molar-refractivity contribution in [3.8, 4) is 11.5 Å². The van der Waals surface area contributed by atoms with Crippen LogP contribution in [0.5, 0.6) is 11.5 Å². The molecule has 5 heterocycles. The number of aromatic amines is 1. The molecule has 1 aromatic carbocycles. The van der Waals surface area contributed by atoms with Gasteiger partial charge in [-0.15, -0.1) is 0 Å². The van der Waals surface area contributed by atoms with Gasteiger partial charge in [-0.1, -0.05) is 19.8 Å². The number of hydrogen-bond donors (Lipinski definition) is 3. The Bertz CT molecular complexity index is 2230. The van der Waals surface area contributed by atoms with Gasteiger partial charge in [0, 0.05) is 90.5 Å². The predicted molar refractivity (Wildman–Crippen MR) is 214 cm³/mol.